The van der Waals surface area contributed by atoms with E-state index in [1.807, 2.05) is 6.92 Å². The average molecular weight is 306 g/mol. The summed E-state index contributed by atoms with van der Waals surface area (Å²) in [6, 6.07) is 0. The average Bonchev–Trinajstić information content (AvgIpc) is 2.77. The molecule has 3 aliphatic carbocycles. The van der Waals surface area contributed by atoms with E-state index in [4.69, 9.17) is 5.11 Å². The van der Waals surface area contributed by atoms with Crippen LogP contribution in [0.15, 0.2) is 11.1 Å². The number of ketones is 1. The quantitative estimate of drug-likeness (QED) is 0.767. The lowest BCUT2D eigenvalue weighted by molar-refractivity contribution is -0.123. The van der Waals surface area contributed by atoms with Gasteiger partial charge in [-0.1, -0.05) is 25.8 Å². The van der Waals surface area contributed by atoms with Crippen LogP contribution < -0.4 is 0 Å². The van der Waals surface area contributed by atoms with Crippen molar-refractivity contribution in [1.29, 1.82) is 0 Å². The second-order valence-corrected chi connectivity index (χ2v) is 8.30. The fourth-order valence-electron chi connectivity index (χ4n) is 6.12. The lowest BCUT2D eigenvalue weighted by Gasteiger charge is -2.55. The molecule has 0 aromatic rings. The summed E-state index contributed by atoms with van der Waals surface area (Å²) in [6.07, 6.45) is 5.61. The fraction of sp³-hybridized carbons (Fsp3) is 0.842. The molecule has 3 nitrogen and oxygen atoms in total. The molecular weight excluding hydrogens is 276 g/mol. The van der Waals surface area contributed by atoms with Gasteiger partial charge < -0.3 is 10.2 Å². The molecule has 2 saturated carbocycles. The lowest BCUT2D eigenvalue weighted by Crippen LogP contribution is -2.51. The maximum Gasteiger partial charge on any atom is 0.159 e. The van der Waals surface area contributed by atoms with E-state index in [0.717, 1.165) is 37.7 Å². The van der Waals surface area contributed by atoms with Crippen molar-refractivity contribution in [3.8, 4) is 0 Å². The molecule has 2 fully saturated rings. The largest absolute Gasteiger partial charge is 0.396 e. The number of allylic oxidation sites excluding steroid dienone is 2. The molecule has 0 heterocycles. The number of rotatable bonds is 5. The molecule has 22 heavy (non-hydrogen) atoms. The Bertz CT molecular complexity index is 505. The number of hydrogen-bond donors (Lipinski definition) is 2. The minimum absolute atomic E-state index is 0.0278. The molecular formula is C19H30O3. The van der Waals surface area contributed by atoms with E-state index in [2.05, 4.69) is 13.8 Å². The number of hydrogen-bond acceptors (Lipinski definition) is 3. The van der Waals surface area contributed by atoms with Crippen LogP contribution in [-0.2, 0) is 4.79 Å². The van der Waals surface area contributed by atoms with Crippen LogP contribution in [0, 0.1) is 28.6 Å². The Labute approximate surface area is 133 Å². The zero-order chi connectivity index (χ0) is 16.1. The van der Waals surface area contributed by atoms with Crippen molar-refractivity contribution in [3.05, 3.63) is 11.1 Å². The number of aliphatic hydroxyl groups is 2. The van der Waals surface area contributed by atoms with Gasteiger partial charge in [0.25, 0.3) is 0 Å². The molecule has 0 aliphatic heterocycles. The van der Waals surface area contributed by atoms with Crippen LogP contribution in [0.4, 0.5) is 0 Å². The third-order valence-electron chi connectivity index (χ3n) is 7.42. The summed E-state index contributed by atoms with van der Waals surface area (Å²) in [7, 11) is 0. The molecule has 3 rings (SSSR count). The third-order valence-corrected chi connectivity index (χ3v) is 7.42. The van der Waals surface area contributed by atoms with E-state index in [9.17, 15) is 9.90 Å². The highest BCUT2D eigenvalue weighted by atomic mass is 16.3. The Morgan fingerprint density at radius 1 is 1.23 bits per heavy atom. The van der Waals surface area contributed by atoms with Crippen molar-refractivity contribution < 1.29 is 15.0 Å². The van der Waals surface area contributed by atoms with Crippen LogP contribution in [0.5, 0.6) is 0 Å². The van der Waals surface area contributed by atoms with E-state index in [1.165, 1.54) is 5.57 Å². The molecule has 3 aliphatic rings. The highest BCUT2D eigenvalue weighted by molar-refractivity contribution is 6.00. The van der Waals surface area contributed by atoms with Gasteiger partial charge in [-0.3, -0.25) is 4.79 Å². The monoisotopic (exact) mass is 306 g/mol. The van der Waals surface area contributed by atoms with Gasteiger partial charge in [0.1, 0.15) is 0 Å². The number of carbonyl (C=O) groups excluding carboxylic acids is 1. The first-order valence-corrected chi connectivity index (χ1v) is 8.85. The van der Waals surface area contributed by atoms with E-state index in [-0.39, 0.29) is 24.0 Å². The van der Waals surface area contributed by atoms with Gasteiger partial charge in [0.05, 0.1) is 0 Å². The number of carbonyl (C=O) groups is 1. The number of Topliss-reactive ketones (excluding diaryl/α,β-unsaturated/α-hetero) is 1. The molecule has 0 aromatic carbocycles. The summed E-state index contributed by atoms with van der Waals surface area (Å²) in [5, 5.41) is 19.1. The summed E-state index contributed by atoms with van der Waals surface area (Å²) in [6.45, 7) is 7.18. The maximum atomic E-state index is 12.5. The minimum Gasteiger partial charge on any atom is -0.396 e. The van der Waals surface area contributed by atoms with Crippen molar-refractivity contribution >= 4 is 5.78 Å². The standard InChI is InChI=1S/C19H30O3/c1-12-16-9-14-8-13(11-21)15(6-4-5-7-20)19(16,10-17(12)22)18(14,2)3/h13-15,20-21H,4-11H2,1-3H3/t13-,14-,15-,19+/m1/s1. The Morgan fingerprint density at radius 3 is 2.59 bits per heavy atom. The molecule has 0 radical (unpaired) electrons. The van der Waals surface area contributed by atoms with Gasteiger partial charge in [0.2, 0.25) is 0 Å². The molecule has 0 unspecified atom stereocenters. The smallest absolute Gasteiger partial charge is 0.159 e. The van der Waals surface area contributed by atoms with Crippen LogP contribution in [0.2, 0.25) is 0 Å². The zero-order valence-electron chi connectivity index (χ0n) is 14.2. The van der Waals surface area contributed by atoms with Crippen molar-refractivity contribution in [1.82, 2.24) is 0 Å². The molecule has 0 saturated heterocycles. The van der Waals surface area contributed by atoms with Crippen molar-refractivity contribution in [2.75, 3.05) is 13.2 Å². The van der Waals surface area contributed by atoms with Gasteiger partial charge in [0.15, 0.2) is 5.78 Å². The summed E-state index contributed by atoms with van der Waals surface area (Å²) >= 11 is 0. The SMILES string of the molecule is CC1=C2C[C@H]3C[C@H](CO)[C@@H](CCCCO)[C@]2(CC1=O)C3(C)C. The first kappa shape index (κ1) is 16.2. The van der Waals surface area contributed by atoms with E-state index < -0.39 is 0 Å². The van der Waals surface area contributed by atoms with Crippen LogP contribution in [0.3, 0.4) is 0 Å². The second kappa shape index (κ2) is 5.45. The summed E-state index contributed by atoms with van der Waals surface area (Å²) in [5.74, 6) is 1.62. The van der Waals surface area contributed by atoms with Crippen LogP contribution in [0.1, 0.15) is 59.3 Å². The molecule has 4 atom stereocenters. The normalized spacial score (nSPS) is 39.5. The van der Waals surface area contributed by atoms with Gasteiger partial charge in [0, 0.05) is 25.0 Å². The van der Waals surface area contributed by atoms with Crippen molar-refractivity contribution in [3.63, 3.8) is 0 Å². The van der Waals surface area contributed by atoms with E-state index in [0.29, 0.717) is 30.0 Å². The summed E-state index contributed by atoms with van der Waals surface area (Å²) in [4.78, 5) is 12.5. The van der Waals surface area contributed by atoms with Crippen molar-refractivity contribution in [2.45, 2.75) is 59.3 Å². The molecule has 2 bridgehead atoms. The number of fused-ring (bicyclic) bond motifs is 1. The predicted octanol–water partition coefficient (Wildman–Crippen LogP) is 3.10. The fourth-order valence-corrected chi connectivity index (χ4v) is 6.12. The van der Waals surface area contributed by atoms with Crippen LogP contribution >= 0.6 is 0 Å². The molecule has 0 amide bonds. The molecule has 124 valence electrons. The van der Waals surface area contributed by atoms with Gasteiger partial charge in [-0.05, 0) is 61.3 Å². The molecule has 2 N–H and O–H groups in total. The highest BCUT2D eigenvalue weighted by Gasteiger charge is 2.67. The topological polar surface area (TPSA) is 57.5 Å². The molecule has 1 spiro atoms. The zero-order valence-corrected chi connectivity index (χ0v) is 14.2. The van der Waals surface area contributed by atoms with Crippen LogP contribution in [0.25, 0.3) is 0 Å². The van der Waals surface area contributed by atoms with Crippen LogP contribution in [-0.4, -0.2) is 29.2 Å². The Morgan fingerprint density at radius 2 is 1.95 bits per heavy atom. The Hall–Kier alpha value is -0.670. The van der Waals surface area contributed by atoms with E-state index in [1.54, 1.807) is 0 Å². The summed E-state index contributed by atoms with van der Waals surface area (Å²) in [5.41, 5.74) is 2.55. The highest BCUT2D eigenvalue weighted by Crippen LogP contribution is 2.73. The lowest BCUT2D eigenvalue weighted by atomic mass is 9.49. The first-order valence-electron chi connectivity index (χ1n) is 8.85. The third kappa shape index (κ3) is 1.91. The predicted molar refractivity (Wildman–Crippen MR) is 86.3 cm³/mol. The second-order valence-electron chi connectivity index (χ2n) is 8.30. The van der Waals surface area contributed by atoms with Gasteiger partial charge in [-0.25, -0.2) is 0 Å². The maximum absolute atomic E-state index is 12.5. The summed E-state index contributed by atoms with van der Waals surface area (Å²) < 4.78 is 0. The number of unbranched alkanes of at least 4 members (excludes halogenated alkanes) is 1. The van der Waals surface area contributed by atoms with Crippen molar-refractivity contribution in [2.24, 2.45) is 28.6 Å². The Balaban J connectivity index is 2.04. The molecule has 0 aromatic heterocycles. The van der Waals surface area contributed by atoms with Gasteiger partial charge in [-0.2, -0.15) is 0 Å². The van der Waals surface area contributed by atoms with Gasteiger partial charge in [-0.15, -0.1) is 0 Å². The van der Waals surface area contributed by atoms with Gasteiger partial charge >= 0.3 is 0 Å². The minimum atomic E-state index is -0.0278. The first-order chi connectivity index (χ1) is 10.4. The van der Waals surface area contributed by atoms with E-state index >= 15 is 0 Å². The number of aliphatic hydroxyl groups excluding tert-OH is 2. The Kier molecular flexibility index (Phi) is 4.01. The molecule has 3 heteroatoms.